The topological polar surface area (TPSA) is 77.7 Å². The molecule has 1 aromatic carbocycles. The Hall–Kier alpha value is -2.57. The number of para-hydroxylation sites is 2. The van der Waals surface area contributed by atoms with Gasteiger partial charge >= 0.3 is 0 Å². The highest BCUT2D eigenvalue weighted by molar-refractivity contribution is 5.82. The Kier molecular flexibility index (Phi) is 4.29. The molecule has 0 radical (unpaired) electrons. The summed E-state index contributed by atoms with van der Waals surface area (Å²) in [5.74, 6) is 2.37. The number of rotatable bonds is 3. The van der Waals surface area contributed by atoms with Gasteiger partial charge in [0, 0.05) is 13.0 Å². The summed E-state index contributed by atoms with van der Waals surface area (Å²) in [6.07, 6.45) is 2.87. The van der Waals surface area contributed by atoms with Gasteiger partial charge in [-0.2, -0.15) is 4.98 Å². The smallest absolute Gasteiger partial charge is 0.267 e. The lowest BCUT2D eigenvalue weighted by molar-refractivity contribution is -0.145. The first-order valence-corrected chi connectivity index (χ1v) is 8.77. The molecular formula is C18H21N3O4. The second-order valence-corrected chi connectivity index (χ2v) is 6.31. The maximum absolute atomic E-state index is 13.1. The molecule has 1 fully saturated rings. The third kappa shape index (κ3) is 3.06. The van der Waals surface area contributed by atoms with Crippen molar-refractivity contribution in [3.63, 3.8) is 0 Å². The Bertz CT molecular complexity index is 760. The second-order valence-electron chi connectivity index (χ2n) is 6.31. The minimum absolute atomic E-state index is 0.0875. The van der Waals surface area contributed by atoms with Crippen LogP contribution in [0.4, 0.5) is 0 Å². The van der Waals surface area contributed by atoms with Crippen LogP contribution in [0.5, 0.6) is 11.5 Å². The van der Waals surface area contributed by atoms with Gasteiger partial charge in [0.05, 0.1) is 0 Å². The summed E-state index contributed by atoms with van der Waals surface area (Å²) in [5.41, 5.74) is 0. The molecule has 0 N–H and O–H groups in total. The molecule has 7 heteroatoms. The van der Waals surface area contributed by atoms with Gasteiger partial charge in [0.1, 0.15) is 12.6 Å². The van der Waals surface area contributed by atoms with E-state index in [0.717, 1.165) is 19.3 Å². The van der Waals surface area contributed by atoms with Gasteiger partial charge in [-0.15, -0.1) is 0 Å². The number of aromatic nitrogens is 2. The van der Waals surface area contributed by atoms with Crippen molar-refractivity contribution in [1.29, 1.82) is 0 Å². The molecule has 2 aliphatic heterocycles. The summed E-state index contributed by atoms with van der Waals surface area (Å²) in [4.78, 5) is 19.3. The van der Waals surface area contributed by atoms with Crippen LogP contribution in [0.25, 0.3) is 0 Å². The molecule has 0 aliphatic carbocycles. The fraction of sp³-hybridized carbons (Fsp3) is 0.500. The van der Waals surface area contributed by atoms with Crippen molar-refractivity contribution in [2.45, 2.75) is 44.8 Å². The molecule has 132 valence electrons. The number of hydrogen-bond donors (Lipinski definition) is 0. The highest BCUT2D eigenvalue weighted by Crippen LogP contribution is 2.34. The number of fused-ring (bicyclic) bond motifs is 1. The molecular weight excluding hydrogens is 322 g/mol. The van der Waals surface area contributed by atoms with Crippen molar-refractivity contribution in [2.75, 3.05) is 13.2 Å². The van der Waals surface area contributed by atoms with E-state index in [9.17, 15) is 4.79 Å². The van der Waals surface area contributed by atoms with Crippen molar-refractivity contribution in [2.24, 2.45) is 0 Å². The fourth-order valence-electron chi connectivity index (χ4n) is 3.32. The van der Waals surface area contributed by atoms with Gasteiger partial charge in [0.25, 0.3) is 5.91 Å². The number of piperidine rings is 1. The number of carbonyl (C=O) groups is 1. The number of aryl methyl sites for hydroxylation is 1. The van der Waals surface area contributed by atoms with Crippen molar-refractivity contribution in [1.82, 2.24) is 15.0 Å². The molecule has 2 aliphatic rings. The van der Waals surface area contributed by atoms with Crippen LogP contribution in [0.3, 0.4) is 0 Å². The third-order valence-electron chi connectivity index (χ3n) is 4.65. The van der Waals surface area contributed by atoms with Gasteiger partial charge in [-0.3, -0.25) is 4.79 Å². The van der Waals surface area contributed by atoms with Crippen LogP contribution in [0, 0.1) is 0 Å². The first-order valence-electron chi connectivity index (χ1n) is 8.77. The van der Waals surface area contributed by atoms with E-state index in [-0.39, 0.29) is 18.6 Å². The monoisotopic (exact) mass is 343 g/mol. The summed E-state index contributed by atoms with van der Waals surface area (Å²) < 4.78 is 17.0. The van der Waals surface area contributed by atoms with E-state index in [4.69, 9.17) is 14.0 Å². The zero-order valence-electron chi connectivity index (χ0n) is 14.2. The lowest BCUT2D eigenvalue weighted by Gasteiger charge is -2.36. The zero-order chi connectivity index (χ0) is 17.2. The molecule has 4 rings (SSSR count). The van der Waals surface area contributed by atoms with Crippen LogP contribution < -0.4 is 9.47 Å². The maximum atomic E-state index is 13.1. The molecule has 0 unspecified atom stereocenters. The minimum Gasteiger partial charge on any atom is -0.485 e. The van der Waals surface area contributed by atoms with E-state index in [1.165, 1.54) is 0 Å². The number of nitrogens with zero attached hydrogens (tertiary/aromatic N) is 3. The number of likely N-dealkylation sites (tertiary alicyclic amines) is 1. The zero-order valence-corrected chi connectivity index (χ0v) is 14.2. The Balaban J connectivity index is 1.53. The van der Waals surface area contributed by atoms with E-state index < -0.39 is 6.10 Å². The average molecular weight is 343 g/mol. The third-order valence-corrected chi connectivity index (χ3v) is 4.65. The summed E-state index contributed by atoms with van der Waals surface area (Å²) in [6.45, 7) is 2.85. The minimum atomic E-state index is -0.649. The Morgan fingerprint density at radius 2 is 2.12 bits per heavy atom. The molecule has 1 amide bonds. The standard InChI is InChI=1S/C18H21N3O4/c1-2-16-19-17(25-20-16)12-7-5-6-10-21(12)18(22)15-11-23-13-8-3-4-9-14(13)24-15/h3-4,8-9,12,15H,2,5-7,10-11H2,1H3/t12-,15+/m0/s1. The van der Waals surface area contributed by atoms with Crippen LogP contribution in [-0.4, -0.2) is 40.2 Å². The quantitative estimate of drug-likeness (QED) is 0.852. The Morgan fingerprint density at radius 3 is 2.92 bits per heavy atom. The lowest BCUT2D eigenvalue weighted by atomic mass is 10.0. The summed E-state index contributed by atoms with van der Waals surface area (Å²) in [6, 6.07) is 7.21. The predicted molar refractivity (Wildman–Crippen MR) is 88.3 cm³/mol. The van der Waals surface area contributed by atoms with Crippen molar-refractivity contribution in [3.05, 3.63) is 36.0 Å². The predicted octanol–water partition coefficient (Wildman–Crippen LogP) is 2.53. The van der Waals surface area contributed by atoms with Crippen molar-refractivity contribution >= 4 is 5.91 Å². The fourth-order valence-corrected chi connectivity index (χ4v) is 3.32. The molecule has 7 nitrogen and oxygen atoms in total. The molecule has 0 spiro atoms. The molecule has 2 aromatic rings. The Morgan fingerprint density at radius 1 is 1.28 bits per heavy atom. The van der Waals surface area contributed by atoms with Crippen LogP contribution in [0.1, 0.15) is 43.9 Å². The van der Waals surface area contributed by atoms with Crippen LogP contribution in [0.2, 0.25) is 0 Å². The second kappa shape index (κ2) is 6.74. The highest BCUT2D eigenvalue weighted by Gasteiger charge is 2.38. The molecule has 1 aromatic heterocycles. The van der Waals surface area contributed by atoms with Crippen molar-refractivity contribution < 1.29 is 18.8 Å². The first-order chi connectivity index (χ1) is 12.3. The normalized spacial score (nSPS) is 22.7. The van der Waals surface area contributed by atoms with Gasteiger partial charge in [-0.25, -0.2) is 0 Å². The van der Waals surface area contributed by atoms with Crippen LogP contribution >= 0.6 is 0 Å². The summed E-state index contributed by atoms with van der Waals surface area (Å²) >= 11 is 0. The number of benzene rings is 1. The van der Waals surface area contributed by atoms with Gasteiger partial charge in [-0.05, 0) is 31.4 Å². The van der Waals surface area contributed by atoms with Gasteiger partial charge < -0.3 is 18.9 Å². The van der Waals surface area contributed by atoms with E-state index in [0.29, 0.717) is 36.2 Å². The van der Waals surface area contributed by atoms with Crippen LogP contribution in [-0.2, 0) is 11.2 Å². The number of amides is 1. The van der Waals surface area contributed by atoms with Gasteiger partial charge in [0.2, 0.25) is 12.0 Å². The first kappa shape index (κ1) is 15.9. The summed E-state index contributed by atoms with van der Waals surface area (Å²) in [7, 11) is 0. The average Bonchev–Trinajstić information content (AvgIpc) is 3.16. The molecule has 25 heavy (non-hydrogen) atoms. The lowest BCUT2D eigenvalue weighted by Crippen LogP contribution is -2.49. The molecule has 1 saturated heterocycles. The highest BCUT2D eigenvalue weighted by atomic mass is 16.6. The number of hydrogen-bond acceptors (Lipinski definition) is 6. The largest absolute Gasteiger partial charge is 0.485 e. The van der Waals surface area contributed by atoms with Gasteiger partial charge in [0.15, 0.2) is 17.3 Å². The van der Waals surface area contributed by atoms with Crippen LogP contribution in [0.15, 0.2) is 28.8 Å². The van der Waals surface area contributed by atoms with Crippen molar-refractivity contribution in [3.8, 4) is 11.5 Å². The maximum Gasteiger partial charge on any atom is 0.267 e. The van der Waals surface area contributed by atoms with E-state index in [2.05, 4.69) is 10.1 Å². The van der Waals surface area contributed by atoms with E-state index >= 15 is 0 Å². The van der Waals surface area contributed by atoms with Gasteiger partial charge in [-0.1, -0.05) is 24.2 Å². The molecule has 3 heterocycles. The van der Waals surface area contributed by atoms with E-state index in [1.54, 1.807) is 4.90 Å². The number of ether oxygens (including phenoxy) is 2. The molecule has 0 bridgehead atoms. The Labute approximate surface area is 145 Å². The molecule has 0 saturated carbocycles. The summed E-state index contributed by atoms with van der Waals surface area (Å²) in [5, 5.41) is 3.97. The van der Waals surface area contributed by atoms with E-state index in [1.807, 2.05) is 31.2 Å². The molecule has 2 atom stereocenters. The SMILES string of the molecule is CCc1noc([C@@H]2CCCCN2C(=O)[C@H]2COc3ccccc3O2)n1. The number of carbonyl (C=O) groups excluding carboxylic acids is 1.